The first kappa shape index (κ1) is 33.3. The van der Waals surface area contributed by atoms with E-state index in [1.54, 1.807) is 0 Å². The Labute approximate surface area is 288 Å². The van der Waals surface area contributed by atoms with Gasteiger partial charge in [-0.15, -0.1) is 23.2 Å². The van der Waals surface area contributed by atoms with Gasteiger partial charge in [-0.25, -0.2) is 26.9 Å². The first-order valence-corrected chi connectivity index (χ1v) is 15.7. The zero-order chi connectivity index (χ0) is 35.5. The monoisotopic (exact) mass is 740 g/mol. The molecule has 0 radical (unpaired) electrons. The van der Waals surface area contributed by atoms with Crippen molar-refractivity contribution in [2.75, 3.05) is 16.9 Å². The van der Waals surface area contributed by atoms with E-state index in [0.29, 0.717) is 5.02 Å². The molecule has 49 heavy (non-hydrogen) atoms. The number of phenols is 1. The quantitative estimate of drug-likeness (QED) is 0.0817. The van der Waals surface area contributed by atoms with Gasteiger partial charge in [-0.05, 0) is 49.1 Å². The van der Waals surface area contributed by atoms with Crippen molar-refractivity contribution in [3.63, 3.8) is 0 Å². The molecule has 0 bridgehead atoms. The maximum absolute atomic E-state index is 15.2. The highest BCUT2D eigenvalue weighted by Gasteiger charge is 2.77. The van der Waals surface area contributed by atoms with Crippen molar-refractivity contribution in [3.8, 4) is 11.5 Å². The number of hydrogen-bond acceptors (Lipinski definition) is 6. The Bertz CT molecular complexity index is 2040. The van der Waals surface area contributed by atoms with Gasteiger partial charge in [0.15, 0.2) is 33.0 Å². The van der Waals surface area contributed by atoms with Gasteiger partial charge in [-0.3, -0.25) is 24.1 Å². The second-order valence-electron chi connectivity index (χ2n) is 12.1. The third-order valence-corrected chi connectivity index (χ3v) is 11.5. The summed E-state index contributed by atoms with van der Waals surface area (Å²) in [5.41, 5.74) is -1.64. The first-order valence-electron chi connectivity index (χ1n) is 14.6. The van der Waals surface area contributed by atoms with Crippen LogP contribution in [0.5, 0.6) is 11.5 Å². The predicted molar refractivity (Wildman–Crippen MR) is 165 cm³/mol. The second-order valence-corrected chi connectivity index (χ2v) is 13.8. The lowest BCUT2D eigenvalue weighted by molar-refractivity contribution is -0.125. The molecule has 4 aliphatic rings. The molecule has 8 nitrogen and oxygen atoms in total. The minimum Gasteiger partial charge on any atom is -0.508 e. The van der Waals surface area contributed by atoms with Crippen LogP contribution in [-0.4, -0.2) is 45.6 Å². The molecule has 0 unspecified atom stereocenters. The number of carbonyl (C=O) groups excluding carboxylic acids is 4. The summed E-state index contributed by atoms with van der Waals surface area (Å²) in [6.45, 7) is 0. The third kappa shape index (κ3) is 4.27. The summed E-state index contributed by atoms with van der Waals surface area (Å²) in [7, 11) is 1.30. The number of amides is 4. The van der Waals surface area contributed by atoms with Crippen molar-refractivity contribution >= 4 is 69.8 Å². The maximum Gasteiger partial charge on any atom is 0.258 e. The molecule has 2 aliphatic carbocycles. The molecule has 3 aromatic carbocycles. The smallest absolute Gasteiger partial charge is 0.258 e. The van der Waals surface area contributed by atoms with Crippen LogP contribution in [0.4, 0.5) is 33.3 Å². The van der Waals surface area contributed by atoms with Gasteiger partial charge in [0, 0.05) is 22.6 Å². The number of fused-ring (bicyclic) bond motifs is 4. The van der Waals surface area contributed by atoms with Crippen molar-refractivity contribution in [2.24, 2.45) is 17.8 Å². The van der Waals surface area contributed by atoms with E-state index in [2.05, 4.69) is 0 Å². The fourth-order valence-electron chi connectivity index (χ4n) is 7.65. The van der Waals surface area contributed by atoms with Crippen LogP contribution in [0.25, 0.3) is 0 Å². The summed E-state index contributed by atoms with van der Waals surface area (Å²) in [4.78, 5) is 51.5. The second kappa shape index (κ2) is 11.2. The van der Waals surface area contributed by atoms with E-state index < -0.39 is 104 Å². The average molecular weight is 742 g/mol. The summed E-state index contributed by atoms with van der Waals surface area (Å²) >= 11 is 20.1. The van der Waals surface area contributed by atoms with Crippen LogP contribution in [0.3, 0.4) is 0 Å². The molecule has 0 spiro atoms. The molecule has 4 amide bonds. The Morgan fingerprint density at radius 2 is 1.43 bits per heavy atom. The number of phenolic OH excluding ortho intramolecular Hbond substituents is 1. The Balaban J connectivity index is 1.44. The Kier molecular flexibility index (Phi) is 7.58. The number of rotatable bonds is 4. The molecule has 1 N–H and O–H groups in total. The third-order valence-electron chi connectivity index (χ3n) is 9.85. The number of hydrogen-bond donors (Lipinski definition) is 1. The molecule has 2 aliphatic heterocycles. The van der Waals surface area contributed by atoms with E-state index in [1.807, 2.05) is 0 Å². The number of allylic oxidation sites excluding steroid dienone is 2. The van der Waals surface area contributed by atoms with E-state index in [1.165, 1.54) is 49.6 Å². The maximum atomic E-state index is 15.2. The number of imide groups is 2. The van der Waals surface area contributed by atoms with Crippen molar-refractivity contribution in [3.05, 3.63) is 93.8 Å². The van der Waals surface area contributed by atoms with E-state index in [9.17, 15) is 37.5 Å². The normalized spacial score (nSPS) is 29.2. The molecule has 2 saturated heterocycles. The number of anilines is 2. The fourth-order valence-corrected chi connectivity index (χ4v) is 8.70. The van der Waals surface area contributed by atoms with Crippen LogP contribution in [0.2, 0.25) is 5.02 Å². The molecule has 254 valence electrons. The molecule has 7 rings (SSSR count). The van der Waals surface area contributed by atoms with Gasteiger partial charge in [0.25, 0.3) is 11.8 Å². The molecule has 6 atom stereocenters. The first-order chi connectivity index (χ1) is 23.1. The van der Waals surface area contributed by atoms with Crippen molar-refractivity contribution in [2.45, 2.75) is 28.5 Å². The number of ether oxygens (including phenoxy) is 1. The minimum atomic E-state index is -2.77. The summed E-state index contributed by atoms with van der Waals surface area (Å²) in [5.74, 6) is -22.3. The fraction of sp³-hybridized carbons (Fsp3) is 0.273. The molecule has 0 aromatic heterocycles. The minimum absolute atomic E-state index is 0.0652. The Morgan fingerprint density at radius 3 is 2.02 bits per heavy atom. The van der Waals surface area contributed by atoms with Crippen molar-refractivity contribution in [1.82, 2.24) is 0 Å². The van der Waals surface area contributed by atoms with E-state index in [-0.39, 0.29) is 33.9 Å². The molecule has 3 aromatic rings. The van der Waals surface area contributed by atoms with Gasteiger partial charge in [-0.2, -0.15) is 0 Å². The predicted octanol–water partition coefficient (Wildman–Crippen LogP) is 6.52. The molecule has 1 saturated carbocycles. The van der Waals surface area contributed by atoms with Gasteiger partial charge in [0.1, 0.15) is 17.2 Å². The topological polar surface area (TPSA) is 104 Å². The van der Waals surface area contributed by atoms with E-state index in [0.717, 1.165) is 11.0 Å². The van der Waals surface area contributed by atoms with Crippen LogP contribution < -0.4 is 14.5 Å². The summed E-state index contributed by atoms with van der Waals surface area (Å²) in [6, 6.07) is 9.66. The summed E-state index contributed by atoms with van der Waals surface area (Å²) in [6.07, 6.45) is 0.781. The number of benzene rings is 3. The molecular formula is C33H20Cl3F5N2O6. The Hall–Kier alpha value is -4.20. The number of halogens is 8. The van der Waals surface area contributed by atoms with Crippen LogP contribution in [0, 0.1) is 46.8 Å². The van der Waals surface area contributed by atoms with Gasteiger partial charge in [0.05, 0.1) is 24.6 Å². The number of carbonyl (C=O) groups is 4. The molecular weight excluding hydrogens is 722 g/mol. The lowest BCUT2D eigenvalue weighted by Crippen LogP contribution is -2.60. The van der Waals surface area contributed by atoms with Crippen LogP contribution in [0.1, 0.15) is 24.3 Å². The van der Waals surface area contributed by atoms with Crippen LogP contribution in [0.15, 0.2) is 54.1 Å². The highest BCUT2D eigenvalue weighted by molar-refractivity contribution is 6.58. The number of methoxy groups -OCH3 is 1. The number of nitrogens with zero attached hydrogens (tertiary/aromatic N) is 2. The van der Waals surface area contributed by atoms with Crippen molar-refractivity contribution < 1.29 is 51.0 Å². The molecule has 2 heterocycles. The van der Waals surface area contributed by atoms with Crippen molar-refractivity contribution in [1.29, 1.82) is 0 Å². The highest BCUT2D eigenvalue weighted by Crippen LogP contribution is 2.67. The zero-order valence-electron chi connectivity index (χ0n) is 24.7. The van der Waals surface area contributed by atoms with Gasteiger partial charge >= 0.3 is 0 Å². The highest BCUT2D eigenvalue weighted by atomic mass is 35.5. The standard InChI is InChI=1S/C33H20Cl3F5N2O6/c1-49-14-6-7-16(19(44)10-14)21-15-8-9-17-20(29(46)42(28(17)45)13-4-2-12(34)3-5-13)18(15)11-32(35)30(47)43(31(48)33(21,32)36)27-25(40)23(38)22(37)24(39)26(27)41/h2-8,10,17-18,20-21,44H,9,11H2,1H3/t17-,18+,20-,21+,32+,33-/m0/s1. The molecule has 3 fully saturated rings. The van der Waals surface area contributed by atoms with Gasteiger partial charge in [0.2, 0.25) is 17.6 Å². The van der Waals surface area contributed by atoms with Crippen LogP contribution in [-0.2, 0) is 19.2 Å². The summed E-state index contributed by atoms with van der Waals surface area (Å²) in [5, 5.41) is 11.5. The summed E-state index contributed by atoms with van der Waals surface area (Å²) < 4.78 is 78.3. The zero-order valence-corrected chi connectivity index (χ0v) is 27.0. The molecule has 16 heteroatoms. The van der Waals surface area contributed by atoms with Crippen LogP contribution >= 0.6 is 34.8 Å². The van der Waals surface area contributed by atoms with Gasteiger partial charge < -0.3 is 9.84 Å². The van der Waals surface area contributed by atoms with Gasteiger partial charge in [-0.1, -0.05) is 29.3 Å². The number of alkyl halides is 2. The number of aromatic hydroxyl groups is 1. The SMILES string of the molecule is COc1ccc([C@H]2C3=CC[C@@H]4C(=O)N(c5ccc(Cl)cc5)C(=O)[C@@H]4[C@@H]3C[C@@]3(Cl)C(=O)N(c4c(F)c(F)c(F)c(F)c4F)C(=O)[C@@]23Cl)c(O)c1. The van der Waals surface area contributed by atoms with E-state index in [4.69, 9.17) is 39.5 Å². The van der Waals surface area contributed by atoms with E-state index >= 15 is 8.78 Å². The largest absolute Gasteiger partial charge is 0.508 e. The average Bonchev–Trinajstić information content (AvgIpc) is 3.42. The lowest BCUT2D eigenvalue weighted by Gasteiger charge is -2.50. The lowest BCUT2D eigenvalue weighted by atomic mass is 9.56. The Morgan fingerprint density at radius 1 is 0.816 bits per heavy atom.